The summed E-state index contributed by atoms with van der Waals surface area (Å²) in [4.78, 5) is 29.6. The molecule has 0 bridgehead atoms. The van der Waals surface area contributed by atoms with E-state index in [1.54, 1.807) is 24.3 Å². The predicted molar refractivity (Wildman–Crippen MR) is 107 cm³/mol. The molecule has 3 aromatic rings. The van der Waals surface area contributed by atoms with Crippen LogP contribution in [-0.2, 0) is 13.0 Å². The fraction of sp³-hybridized carbons (Fsp3) is 0.238. The Balaban J connectivity index is 1.93. The van der Waals surface area contributed by atoms with Crippen molar-refractivity contribution in [1.82, 2.24) is 9.88 Å². The molecule has 0 aliphatic carbocycles. The molecule has 1 aromatic heterocycles. The van der Waals surface area contributed by atoms with E-state index in [0.29, 0.717) is 16.1 Å². The summed E-state index contributed by atoms with van der Waals surface area (Å²) in [7, 11) is 0. The van der Waals surface area contributed by atoms with Crippen LogP contribution in [-0.4, -0.2) is 34.0 Å². The zero-order chi connectivity index (χ0) is 19.4. The maximum Gasteiger partial charge on any atom is 0.254 e. The van der Waals surface area contributed by atoms with E-state index in [-0.39, 0.29) is 31.2 Å². The second-order valence-electron chi connectivity index (χ2n) is 6.36. The van der Waals surface area contributed by atoms with Crippen LogP contribution in [0.3, 0.4) is 0 Å². The second-order valence-corrected chi connectivity index (χ2v) is 6.79. The molecule has 6 heteroatoms. The van der Waals surface area contributed by atoms with E-state index in [1.165, 1.54) is 10.5 Å². The van der Waals surface area contributed by atoms with Gasteiger partial charge in [0.15, 0.2) is 0 Å². The average molecular weight is 385 g/mol. The highest BCUT2D eigenvalue weighted by Crippen LogP contribution is 2.17. The van der Waals surface area contributed by atoms with E-state index in [4.69, 9.17) is 11.6 Å². The van der Waals surface area contributed by atoms with Gasteiger partial charge >= 0.3 is 0 Å². The third-order valence-electron chi connectivity index (χ3n) is 4.50. The van der Waals surface area contributed by atoms with Gasteiger partial charge in [-0.3, -0.25) is 9.59 Å². The van der Waals surface area contributed by atoms with Gasteiger partial charge < -0.3 is 15.0 Å². The Labute approximate surface area is 162 Å². The number of carbonyl (C=O) groups excluding carboxylic acids is 1. The number of carbonyl (C=O) groups is 1. The Morgan fingerprint density at radius 3 is 2.56 bits per heavy atom. The minimum Gasteiger partial charge on any atom is -0.395 e. The van der Waals surface area contributed by atoms with Crippen molar-refractivity contribution in [3.63, 3.8) is 0 Å². The van der Waals surface area contributed by atoms with Gasteiger partial charge in [-0.05, 0) is 59.8 Å². The molecule has 0 aliphatic heterocycles. The maximum atomic E-state index is 12.8. The van der Waals surface area contributed by atoms with Crippen molar-refractivity contribution in [1.29, 1.82) is 0 Å². The summed E-state index contributed by atoms with van der Waals surface area (Å²) in [6.45, 7) is 2.13. The average Bonchev–Trinajstić information content (AvgIpc) is 2.67. The van der Waals surface area contributed by atoms with Crippen molar-refractivity contribution in [2.24, 2.45) is 0 Å². The first-order valence-corrected chi connectivity index (χ1v) is 9.20. The van der Waals surface area contributed by atoms with Gasteiger partial charge in [0.1, 0.15) is 0 Å². The van der Waals surface area contributed by atoms with Gasteiger partial charge in [-0.25, -0.2) is 0 Å². The lowest BCUT2D eigenvalue weighted by molar-refractivity contribution is 0.0707. The summed E-state index contributed by atoms with van der Waals surface area (Å²) in [5.74, 6) is -0.262. The Hall–Kier alpha value is -2.63. The molecular weight excluding hydrogens is 364 g/mol. The van der Waals surface area contributed by atoms with Crippen molar-refractivity contribution in [2.45, 2.75) is 19.9 Å². The van der Waals surface area contributed by atoms with E-state index >= 15 is 0 Å². The van der Waals surface area contributed by atoms with E-state index < -0.39 is 0 Å². The Morgan fingerprint density at radius 2 is 1.89 bits per heavy atom. The molecule has 27 heavy (non-hydrogen) atoms. The number of aryl methyl sites for hydroxylation is 1. The highest BCUT2D eigenvalue weighted by molar-refractivity contribution is 6.30. The third kappa shape index (κ3) is 4.38. The van der Waals surface area contributed by atoms with Crippen LogP contribution in [0.4, 0.5) is 0 Å². The molecular formula is C21H21ClN2O3. The van der Waals surface area contributed by atoms with Gasteiger partial charge in [-0.15, -0.1) is 0 Å². The molecule has 2 aromatic carbocycles. The Bertz CT molecular complexity index is 1010. The van der Waals surface area contributed by atoms with E-state index in [2.05, 4.69) is 11.9 Å². The molecule has 0 unspecified atom stereocenters. The molecule has 2 N–H and O–H groups in total. The van der Waals surface area contributed by atoms with Crippen LogP contribution in [0.25, 0.3) is 10.9 Å². The first-order chi connectivity index (χ1) is 13.0. The zero-order valence-electron chi connectivity index (χ0n) is 15.0. The number of rotatable bonds is 6. The summed E-state index contributed by atoms with van der Waals surface area (Å²) < 4.78 is 0. The number of H-pyrrole nitrogens is 1. The monoisotopic (exact) mass is 384 g/mol. The van der Waals surface area contributed by atoms with Crippen LogP contribution in [0, 0.1) is 0 Å². The Morgan fingerprint density at radius 1 is 1.15 bits per heavy atom. The number of aromatic amines is 1. The lowest BCUT2D eigenvalue weighted by Gasteiger charge is -2.22. The number of hydrogen-bond acceptors (Lipinski definition) is 3. The van der Waals surface area contributed by atoms with E-state index in [0.717, 1.165) is 17.3 Å². The topological polar surface area (TPSA) is 73.4 Å². The number of fused-ring (bicyclic) bond motifs is 1. The number of hydrogen-bond donors (Lipinski definition) is 2. The smallest absolute Gasteiger partial charge is 0.254 e. The van der Waals surface area contributed by atoms with Gasteiger partial charge in [-0.1, -0.05) is 24.6 Å². The van der Waals surface area contributed by atoms with Crippen LogP contribution in [0.5, 0.6) is 0 Å². The quantitative estimate of drug-likeness (QED) is 0.684. The number of nitrogens with one attached hydrogen (secondary N) is 1. The van der Waals surface area contributed by atoms with Crippen LogP contribution >= 0.6 is 11.6 Å². The fourth-order valence-electron chi connectivity index (χ4n) is 2.99. The van der Waals surface area contributed by atoms with Crippen molar-refractivity contribution in [2.75, 3.05) is 13.2 Å². The lowest BCUT2D eigenvalue weighted by Crippen LogP contribution is -2.35. The first-order valence-electron chi connectivity index (χ1n) is 8.82. The molecule has 0 saturated carbocycles. The number of amides is 1. The van der Waals surface area contributed by atoms with E-state index in [9.17, 15) is 14.7 Å². The molecule has 1 amide bonds. The third-order valence-corrected chi connectivity index (χ3v) is 4.76. The summed E-state index contributed by atoms with van der Waals surface area (Å²) in [5, 5.41) is 10.8. The molecule has 3 rings (SSSR count). The largest absolute Gasteiger partial charge is 0.395 e. The fourth-order valence-corrected chi connectivity index (χ4v) is 3.12. The maximum absolute atomic E-state index is 12.8. The number of aromatic nitrogens is 1. The molecule has 0 aliphatic rings. The number of benzene rings is 2. The minimum absolute atomic E-state index is 0.115. The summed E-state index contributed by atoms with van der Waals surface area (Å²) in [6, 6.07) is 14.3. The molecule has 0 saturated heterocycles. The molecule has 0 atom stereocenters. The summed E-state index contributed by atoms with van der Waals surface area (Å²) in [5.41, 5.74) is 2.63. The molecule has 1 heterocycles. The second kappa shape index (κ2) is 8.37. The predicted octanol–water partition coefficient (Wildman–Crippen LogP) is 3.38. The number of aliphatic hydroxyl groups excluding tert-OH is 1. The van der Waals surface area contributed by atoms with Gasteiger partial charge in [0, 0.05) is 28.2 Å². The number of halogens is 1. The number of aliphatic hydroxyl groups is 1. The van der Waals surface area contributed by atoms with Crippen molar-refractivity contribution >= 4 is 28.4 Å². The van der Waals surface area contributed by atoms with Gasteiger partial charge in [0.05, 0.1) is 13.2 Å². The summed E-state index contributed by atoms with van der Waals surface area (Å²) in [6.07, 6.45) is 0.899. The van der Waals surface area contributed by atoms with E-state index in [1.807, 2.05) is 24.3 Å². The van der Waals surface area contributed by atoms with Gasteiger partial charge in [0.25, 0.3) is 11.5 Å². The van der Waals surface area contributed by atoms with Crippen molar-refractivity contribution < 1.29 is 9.90 Å². The van der Waals surface area contributed by atoms with Gasteiger partial charge in [0.2, 0.25) is 0 Å². The van der Waals surface area contributed by atoms with Gasteiger partial charge in [-0.2, -0.15) is 0 Å². The minimum atomic E-state index is -0.262. The van der Waals surface area contributed by atoms with Crippen LogP contribution < -0.4 is 5.56 Å². The highest BCUT2D eigenvalue weighted by atomic mass is 35.5. The lowest BCUT2D eigenvalue weighted by atomic mass is 10.1. The highest BCUT2D eigenvalue weighted by Gasteiger charge is 2.17. The molecule has 5 nitrogen and oxygen atoms in total. The molecule has 0 radical (unpaired) electrons. The van der Waals surface area contributed by atoms with Crippen LogP contribution in [0.1, 0.15) is 28.4 Å². The van der Waals surface area contributed by atoms with Crippen LogP contribution in [0.2, 0.25) is 5.02 Å². The molecule has 0 spiro atoms. The first kappa shape index (κ1) is 19.1. The van der Waals surface area contributed by atoms with Crippen molar-refractivity contribution in [3.05, 3.63) is 80.6 Å². The number of nitrogens with zero attached hydrogens (tertiary/aromatic N) is 1. The summed E-state index contributed by atoms with van der Waals surface area (Å²) >= 11 is 5.88. The molecule has 140 valence electrons. The SMILES string of the molecule is CCc1ccc2[nH]c(=O)c(CN(CCO)C(=O)c3ccc(Cl)cc3)cc2c1. The van der Waals surface area contributed by atoms with Crippen LogP contribution in [0.15, 0.2) is 53.3 Å². The molecule has 0 fully saturated rings. The standard InChI is InChI=1S/C21H21ClN2O3/c1-2-14-3-8-19-16(11-14)12-17(20(26)23-19)13-24(9-10-25)21(27)15-4-6-18(22)7-5-15/h3-8,11-12,25H,2,9-10,13H2,1H3,(H,23,26). The normalized spacial score (nSPS) is 10.9. The number of pyridine rings is 1. The van der Waals surface area contributed by atoms with Crippen molar-refractivity contribution in [3.8, 4) is 0 Å². The zero-order valence-corrected chi connectivity index (χ0v) is 15.8. The Kier molecular flexibility index (Phi) is 5.94.